The summed E-state index contributed by atoms with van der Waals surface area (Å²) in [5.41, 5.74) is 0. The zero-order chi connectivity index (χ0) is 14.8. The maximum atomic E-state index is 11.3. The minimum absolute atomic E-state index is 0.0969. The lowest BCUT2D eigenvalue weighted by Gasteiger charge is -2.07. The quantitative estimate of drug-likeness (QED) is 0.656. The fourth-order valence-electron chi connectivity index (χ4n) is 0.625. The van der Waals surface area contributed by atoms with Crippen LogP contribution in [0.1, 0.15) is 49.0 Å². The molecule has 0 spiro atoms. The van der Waals surface area contributed by atoms with Gasteiger partial charge in [0.2, 0.25) is 0 Å². The molecule has 1 unspecified atom stereocenters. The van der Waals surface area contributed by atoms with Crippen LogP contribution in [0.2, 0.25) is 0 Å². The zero-order valence-electron chi connectivity index (χ0n) is 13.8. The molecule has 0 aromatic rings. The van der Waals surface area contributed by atoms with Gasteiger partial charge >= 0.3 is 5.97 Å². The fraction of sp³-hybridized carbons (Fsp3) is 0.875. The number of aliphatic carboxylic acids is 1. The monoisotopic (exact) mass is 152 g/mol. The summed E-state index contributed by atoms with van der Waals surface area (Å²) in [5.74, 6) is -2.90. The van der Waals surface area contributed by atoms with E-state index in [1.807, 2.05) is 0 Å². The van der Waals surface area contributed by atoms with Gasteiger partial charge in [0.15, 0.2) is 0 Å². The Bertz CT molecular complexity index is 298. The normalized spacial score (nSPS) is 28.5. The van der Waals surface area contributed by atoms with Crippen molar-refractivity contribution in [2.45, 2.75) is 39.4 Å². The third kappa shape index (κ3) is 3.49. The Morgan fingerprint density at radius 2 is 2.80 bits per heavy atom. The Hall–Kier alpha value is -0.530. The van der Waals surface area contributed by atoms with Crippen molar-refractivity contribution < 1.29 is 19.5 Å². The molecule has 0 fully saturated rings. The van der Waals surface area contributed by atoms with E-state index in [0.29, 0.717) is 6.42 Å². The SMILES string of the molecule is [2H]OC(=O)C(CCC)C([2H])([2H])C([2H])([2H])C([2H])([2H])[2H]. The molecular formula is C8H16O2. The van der Waals surface area contributed by atoms with E-state index in [9.17, 15) is 4.79 Å². The minimum atomic E-state index is -3.22. The fourth-order valence-corrected chi connectivity index (χ4v) is 0.625. The second-order valence-corrected chi connectivity index (χ2v) is 1.93. The maximum Gasteiger partial charge on any atom is 0.306 e. The number of rotatable bonds is 5. The van der Waals surface area contributed by atoms with Crippen molar-refractivity contribution in [1.82, 2.24) is 0 Å². The van der Waals surface area contributed by atoms with E-state index in [4.69, 9.17) is 11.0 Å². The van der Waals surface area contributed by atoms with Gasteiger partial charge in [-0.15, -0.1) is 0 Å². The molecule has 1 N–H and O–H groups in total. The first-order valence-corrected chi connectivity index (χ1v) is 3.10. The summed E-state index contributed by atoms with van der Waals surface area (Å²) in [6.45, 7) is -1.59. The van der Waals surface area contributed by atoms with E-state index < -0.39 is 31.5 Å². The van der Waals surface area contributed by atoms with Gasteiger partial charge < -0.3 is 5.11 Å². The first-order chi connectivity index (χ1) is 7.93. The molecular weight excluding hydrogens is 128 g/mol. The van der Waals surface area contributed by atoms with E-state index in [-0.39, 0.29) is 6.42 Å². The van der Waals surface area contributed by atoms with Crippen molar-refractivity contribution in [2.24, 2.45) is 5.92 Å². The third-order valence-corrected chi connectivity index (χ3v) is 1.11. The van der Waals surface area contributed by atoms with E-state index in [1.54, 1.807) is 6.92 Å². The van der Waals surface area contributed by atoms with Crippen molar-refractivity contribution in [2.75, 3.05) is 0 Å². The summed E-state index contributed by atoms with van der Waals surface area (Å²) in [5, 5.41) is 3.68. The van der Waals surface area contributed by atoms with E-state index >= 15 is 0 Å². The third-order valence-electron chi connectivity index (χ3n) is 1.11. The second-order valence-electron chi connectivity index (χ2n) is 1.93. The summed E-state index contributed by atoms with van der Waals surface area (Å²) < 4.78 is 57.7. The van der Waals surface area contributed by atoms with Crippen LogP contribution in [-0.4, -0.2) is 11.1 Å². The van der Waals surface area contributed by atoms with Crippen LogP contribution >= 0.6 is 0 Å². The lowest BCUT2D eigenvalue weighted by atomic mass is 9.99. The number of hydrogen-bond donors (Lipinski definition) is 1. The van der Waals surface area contributed by atoms with Gasteiger partial charge in [-0.05, 0) is 12.8 Å². The Morgan fingerprint density at radius 3 is 3.30 bits per heavy atom. The van der Waals surface area contributed by atoms with Gasteiger partial charge in [-0.3, -0.25) is 4.79 Å². The summed E-state index contributed by atoms with van der Waals surface area (Å²) in [6.07, 6.45) is -5.93. The molecule has 2 nitrogen and oxygen atoms in total. The Balaban J connectivity index is 5.48. The molecule has 0 aromatic heterocycles. The van der Waals surface area contributed by atoms with Crippen LogP contribution in [0.15, 0.2) is 0 Å². The molecule has 0 aliphatic rings. The largest absolute Gasteiger partial charge is 0.481 e. The van der Waals surface area contributed by atoms with Crippen LogP contribution in [0, 0.1) is 5.92 Å². The predicted octanol–water partition coefficient (Wildman–Crippen LogP) is 2.29. The van der Waals surface area contributed by atoms with Crippen LogP contribution < -0.4 is 0 Å². The Kier molecular flexibility index (Phi) is 1.32. The topological polar surface area (TPSA) is 37.3 Å². The number of carboxylic acids is 1. The van der Waals surface area contributed by atoms with Gasteiger partial charge in [-0.25, -0.2) is 0 Å². The van der Waals surface area contributed by atoms with Crippen LogP contribution in [0.3, 0.4) is 0 Å². The van der Waals surface area contributed by atoms with Crippen LogP contribution in [0.25, 0.3) is 1.43 Å². The zero-order valence-corrected chi connectivity index (χ0v) is 5.81. The van der Waals surface area contributed by atoms with Gasteiger partial charge in [-0.1, -0.05) is 26.6 Å². The van der Waals surface area contributed by atoms with Gasteiger partial charge in [0.05, 0.1) is 5.92 Å². The summed E-state index contributed by atoms with van der Waals surface area (Å²) in [6, 6.07) is 0. The lowest BCUT2D eigenvalue weighted by Crippen LogP contribution is -2.12. The highest BCUT2D eigenvalue weighted by molar-refractivity contribution is 5.69. The highest BCUT2D eigenvalue weighted by atomic mass is 16.4. The van der Waals surface area contributed by atoms with Gasteiger partial charge in [0, 0.05) is 9.60 Å². The molecule has 0 aliphatic heterocycles. The standard InChI is InChI=1S/C8H16O2/c1-3-5-7(6-4-2)8(9)10/h7H,3-6H2,1-2H3,(H,9,10)/i1D3,3D2,5D2/hD. The highest BCUT2D eigenvalue weighted by Gasteiger charge is 2.13. The van der Waals surface area contributed by atoms with Crippen molar-refractivity contribution in [3.8, 4) is 0 Å². The van der Waals surface area contributed by atoms with E-state index in [0.717, 1.165) is 0 Å². The first kappa shape index (κ1) is 2.50. The van der Waals surface area contributed by atoms with Crippen molar-refractivity contribution in [3.63, 3.8) is 0 Å². The lowest BCUT2D eigenvalue weighted by molar-refractivity contribution is -0.142. The number of hydrogen-bond acceptors (Lipinski definition) is 2. The van der Waals surface area contributed by atoms with Crippen LogP contribution in [-0.2, 0) is 4.79 Å². The molecule has 0 aliphatic carbocycles. The summed E-state index contributed by atoms with van der Waals surface area (Å²) in [7, 11) is 0. The Labute approximate surface area is 73.6 Å². The molecule has 0 aromatic carbocycles. The summed E-state index contributed by atoms with van der Waals surface area (Å²) in [4.78, 5) is 11.3. The first-order valence-electron chi connectivity index (χ1n) is 7.01. The molecule has 0 bridgehead atoms. The molecule has 0 heterocycles. The molecule has 10 heavy (non-hydrogen) atoms. The molecule has 0 saturated carbocycles. The highest BCUT2D eigenvalue weighted by Crippen LogP contribution is 2.12. The Morgan fingerprint density at radius 1 is 2.00 bits per heavy atom. The maximum absolute atomic E-state index is 11.3. The number of carbonyl (C=O) groups is 1. The molecule has 0 saturated heterocycles. The smallest absolute Gasteiger partial charge is 0.306 e. The van der Waals surface area contributed by atoms with E-state index in [1.165, 1.54) is 0 Å². The van der Waals surface area contributed by atoms with Gasteiger partial charge in [0.1, 0.15) is 0 Å². The number of carboxylic acid groups (broad SMARTS) is 1. The molecule has 0 radical (unpaired) electrons. The van der Waals surface area contributed by atoms with Gasteiger partial charge in [-0.2, -0.15) is 0 Å². The minimum Gasteiger partial charge on any atom is -0.481 e. The van der Waals surface area contributed by atoms with E-state index in [2.05, 4.69) is 5.11 Å². The molecule has 60 valence electrons. The van der Waals surface area contributed by atoms with Crippen molar-refractivity contribution >= 4 is 5.97 Å². The van der Waals surface area contributed by atoms with Gasteiger partial charge in [0.25, 0.3) is 1.43 Å². The molecule has 0 amide bonds. The molecule has 2 heteroatoms. The van der Waals surface area contributed by atoms with Crippen LogP contribution in [0.4, 0.5) is 0 Å². The molecule has 1 atom stereocenters. The van der Waals surface area contributed by atoms with Crippen LogP contribution in [0.5, 0.6) is 0 Å². The second kappa shape index (κ2) is 5.27. The van der Waals surface area contributed by atoms with Crippen molar-refractivity contribution in [3.05, 3.63) is 0 Å². The molecule has 0 rings (SSSR count). The average molecular weight is 152 g/mol. The van der Waals surface area contributed by atoms with Crippen molar-refractivity contribution in [1.29, 1.82) is 1.43 Å². The average Bonchev–Trinajstić information content (AvgIpc) is 2.22. The summed E-state index contributed by atoms with van der Waals surface area (Å²) >= 11 is 0. The predicted molar refractivity (Wildman–Crippen MR) is 40.9 cm³/mol.